The second kappa shape index (κ2) is 6.13. The molecule has 1 saturated heterocycles. The molecule has 71 heavy (non-hydrogen) atoms. The van der Waals surface area contributed by atoms with Gasteiger partial charge in [0.1, 0.15) is 0 Å². The van der Waals surface area contributed by atoms with Crippen LogP contribution in [0.1, 0.15) is 33.9 Å². The Morgan fingerprint density at radius 1 is 0.254 bits per heavy atom. The zero-order chi connectivity index (χ0) is 42.2. The van der Waals surface area contributed by atoms with Gasteiger partial charge in [0.15, 0.2) is 0 Å². The van der Waals surface area contributed by atoms with Gasteiger partial charge in [0, 0.05) is 17.8 Å². The summed E-state index contributed by atoms with van der Waals surface area (Å²) in [7, 11) is 0. The third kappa shape index (κ3) is 1.43. The molecule has 0 bridgehead atoms. The van der Waals surface area contributed by atoms with E-state index < -0.39 is 0 Å². The first-order valence-corrected chi connectivity index (χ1v) is 27.2. The van der Waals surface area contributed by atoms with Crippen LogP contribution in [0.15, 0.2) is 30.3 Å². The van der Waals surface area contributed by atoms with E-state index in [4.69, 9.17) is 17.9 Å². The van der Waals surface area contributed by atoms with Crippen LogP contribution >= 0.6 is 12.6 Å². The molecule has 0 saturated carbocycles. The van der Waals surface area contributed by atoms with Crippen molar-refractivity contribution < 1.29 is 0 Å². The number of rotatable bonds is 2. The highest BCUT2D eigenvalue weighted by molar-refractivity contribution is 7.80. The van der Waals surface area contributed by atoms with E-state index in [0.717, 1.165) is 5.75 Å². The number of nitrogens with one attached hydrogen (secondary N) is 1. The fourth-order valence-electron chi connectivity index (χ4n) is 26.1. The van der Waals surface area contributed by atoms with Gasteiger partial charge in [-0.3, -0.25) is 0 Å². The van der Waals surface area contributed by atoms with Gasteiger partial charge < -0.3 is 5.32 Å². The lowest BCUT2D eigenvalue weighted by Crippen LogP contribution is -2.55. The van der Waals surface area contributed by atoms with Crippen LogP contribution in [0.25, 0.3) is 291 Å². The van der Waals surface area contributed by atoms with Crippen molar-refractivity contribution in [3.8, 4) is 0 Å². The molecule has 1 aliphatic heterocycles. The minimum atomic E-state index is -0.368. The molecule has 1 N–H and O–H groups in total. The summed E-state index contributed by atoms with van der Waals surface area (Å²) in [5, 5.41) is 94.4. The highest BCUT2D eigenvalue weighted by Crippen LogP contribution is 2.87. The Kier molecular flexibility index (Phi) is 2.32. The smallest absolute Gasteiger partial charge is 0.0576 e. The van der Waals surface area contributed by atoms with Gasteiger partial charge in [0.2, 0.25) is 0 Å². The lowest BCUT2D eigenvalue weighted by molar-refractivity contribution is 0.340. The summed E-state index contributed by atoms with van der Waals surface area (Å²) >= 11 is 5.70. The van der Waals surface area contributed by atoms with Crippen molar-refractivity contribution in [2.24, 2.45) is 0 Å². The molecule has 0 aromatic heterocycles. The number of benzene rings is 19. The highest BCUT2D eigenvalue weighted by Gasteiger charge is 2.77. The predicted octanol–water partition coefficient (Wildman–Crippen LogP) is 17.9. The van der Waals surface area contributed by atoms with E-state index in [1.807, 2.05) is 0 Å². The Bertz CT molecular complexity index is 7200. The molecular weight excluding hydrogens is 875 g/mol. The van der Waals surface area contributed by atoms with E-state index in [9.17, 15) is 0 Å². The van der Waals surface area contributed by atoms with Crippen molar-refractivity contribution in [3.63, 3.8) is 0 Å². The highest BCUT2D eigenvalue weighted by atomic mass is 32.1. The van der Waals surface area contributed by atoms with E-state index in [0.29, 0.717) is 0 Å². The predicted molar refractivity (Wildman–Crippen MR) is 304 cm³/mol. The summed E-state index contributed by atoms with van der Waals surface area (Å²) in [4.78, 5) is 0. The fourth-order valence-corrected chi connectivity index (χ4v) is 26.5. The molecule has 2 spiro atoms. The van der Waals surface area contributed by atoms with Crippen LogP contribution in [0.2, 0.25) is 0 Å². The molecule has 1 heterocycles. The first-order valence-electron chi connectivity index (χ1n) is 26.6. The Balaban J connectivity index is 1.19. The topological polar surface area (TPSA) is 12.0 Å². The molecule has 298 valence electrons. The van der Waals surface area contributed by atoms with Gasteiger partial charge in [-0.25, -0.2) is 0 Å². The van der Waals surface area contributed by atoms with Crippen molar-refractivity contribution in [1.29, 1.82) is 0 Å². The van der Waals surface area contributed by atoms with Crippen LogP contribution in [0, 0.1) is 0 Å². The Morgan fingerprint density at radius 3 is 0.634 bits per heavy atom. The Hall–Kier alpha value is -8.01. The number of thiol groups is 1. The second-order valence-electron chi connectivity index (χ2n) is 26.1. The Morgan fingerprint density at radius 2 is 0.437 bits per heavy atom. The normalized spacial score (nSPS) is 24.5. The van der Waals surface area contributed by atoms with Crippen molar-refractivity contribution in [1.82, 2.24) is 5.32 Å². The van der Waals surface area contributed by atoms with Crippen molar-refractivity contribution in [2.75, 3.05) is 5.75 Å². The average molecular weight is 886 g/mol. The van der Waals surface area contributed by atoms with E-state index >= 15 is 0 Å². The fraction of sp³-hybridized carbons (Fsp3) is 0.0725. The second-order valence-corrected chi connectivity index (χ2v) is 26.5. The zero-order valence-corrected chi connectivity index (χ0v) is 37.1. The number of hydrogen-bond acceptors (Lipinski definition) is 2. The molecule has 29 aromatic rings. The van der Waals surface area contributed by atoms with Crippen molar-refractivity contribution in [2.45, 2.75) is 22.9 Å². The summed E-state index contributed by atoms with van der Waals surface area (Å²) in [6.07, 6.45) is 0. The quantitative estimate of drug-likeness (QED) is 0.130. The first kappa shape index (κ1) is 26.8. The summed E-state index contributed by atoms with van der Waals surface area (Å²) in [6, 6.07) is 12.2. The average Bonchev–Trinajstić information content (AvgIpc) is 4.24. The largest absolute Gasteiger partial charge is 0.304 e. The minimum absolute atomic E-state index is 0.0802. The molecule has 2 atom stereocenters. The van der Waals surface area contributed by atoms with Crippen LogP contribution in [-0.2, 0) is 10.8 Å². The van der Waals surface area contributed by atoms with E-state index in [-0.39, 0.29) is 22.9 Å². The molecule has 1 nitrogen and oxygen atoms in total. The lowest BCUT2D eigenvalue weighted by atomic mass is 9.46. The van der Waals surface area contributed by atoms with Crippen molar-refractivity contribution in [3.05, 3.63) is 58.1 Å². The van der Waals surface area contributed by atoms with Crippen LogP contribution in [0.3, 0.4) is 0 Å². The molecule has 2 heteroatoms. The van der Waals surface area contributed by atoms with Crippen molar-refractivity contribution >= 4 is 303 Å². The summed E-state index contributed by atoms with van der Waals surface area (Å²) in [5.41, 5.74) is 7.67. The molecule has 1 fully saturated rings. The molecule has 4 aliphatic carbocycles. The zero-order valence-electron chi connectivity index (χ0n) is 36.2. The van der Waals surface area contributed by atoms with E-state index in [1.54, 1.807) is 313 Å². The molecule has 5 aliphatic rings. The maximum Gasteiger partial charge on any atom is 0.0576 e. The maximum absolute atomic E-state index is 5.70. The van der Waals surface area contributed by atoms with Gasteiger partial charge in [-0.15, -0.1) is 0 Å². The van der Waals surface area contributed by atoms with Gasteiger partial charge in [0.05, 0.1) is 10.8 Å². The standard InChI is InChI=1S/C69H11NS/c71-6-8-68-63-55-47-37-27-19-11-9-10-13-17-15(11)23-31-25(17)35-29-21(13)22-14(10)18-16-12(9)20(19)28-34-24(16)32-26(18)36-30(22)40-39(29)49-43(35)53-45(31)51(41(47)33(23)27)57(63)59(53)65-61(49)62-50(40)44(36)54-46(32)52-42(34)48(38(28)37)56(55)64(68)58(52)60(54)66(62)69(65,68)67(70-8)7-4-2-1-3-5-7/h1-5,8,67,70-71H,6H2. The summed E-state index contributed by atoms with van der Waals surface area (Å²) < 4.78 is 0. The molecule has 0 amide bonds. The first-order chi connectivity index (χ1) is 35.4. The third-order valence-corrected chi connectivity index (χ3v) is 26.5. The monoisotopic (exact) mass is 885 g/mol. The third-order valence-electron chi connectivity index (χ3n) is 26.1. The van der Waals surface area contributed by atoms with Gasteiger partial charge in [-0.1, -0.05) is 30.3 Å². The van der Waals surface area contributed by atoms with Crippen LogP contribution < -0.4 is 5.32 Å². The molecule has 34 rings (SSSR count). The maximum atomic E-state index is 5.70. The minimum Gasteiger partial charge on any atom is -0.304 e. The summed E-state index contributed by atoms with van der Waals surface area (Å²) in [6.45, 7) is 0. The van der Waals surface area contributed by atoms with Gasteiger partial charge >= 0.3 is 0 Å². The molecular formula is C69H11NS. The van der Waals surface area contributed by atoms with Gasteiger partial charge in [-0.2, -0.15) is 12.6 Å². The summed E-state index contributed by atoms with van der Waals surface area (Å²) in [5.74, 6) is 0.794. The molecule has 29 aromatic carbocycles. The lowest BCUT2D eigenvalue weighted by Gasteiger charge is -2.53. The van der Waals surface area contributed by atoms with Crippen LogP contribution in [0.5, 0.6) is 0 Å². The SMILES string of the molecule is SCC1NC(c2ccccc2)C23c4c5c6c7c8c9c(c%10c%11c2c2c4c4c%12c5c5c6c6c8c8c%13c9c9c%10c%10c%11c%11c2c2c4c4c%12c%12c5c5c6c8c6c8c%13c9c9c%10c%10c%11c2c2c4c4c%12c5c6c5c8c9c%10c2c45)C713. The van der Waals surface area contributed by atoms with E-state index in [2.05, 4.69) is 30.3 Å². The van der Waals surface area contributed by atoms with Crippen LogP contribution in [-0.4, -0.2) is 11.8 Å². The van der Waals surface area contributed by atoms with Gasteiger partial charge in [0.25, 0.3) is 0 Å². The van der Waals surface area contributed by atoms with Gasteiger partial charge in [-0.05, 0) is 319 Å². The molecule has 0 radical (unpaired) electrons. The van der Waals surface area contributed by atoms with E-state index in [1.165, 1.54) is 5.56 Å². The van der Waals surface area contributed by atoms with Crippen LogP contribution in [0.4, 0.5) is 0 Å². The molecule has 2 unspecified atom stereocenters. The number of hydrogen-bond donors (Lipinski definition) is 2. The Labute approximate surface area is 393 Å².